The zero-order valence-corrected chi connectivity index (χ0v) is 16.8. The second-order valence-electron chi connectivity index (χ2n) is 7.25. The van der Waals surface area contributed by atoms with E-state index in [2.05, 4.69) is 18.4 Å². The van der Waals surface area contributed by atoms with Crippen molar-refractivity contribution >= 4 is 21.1 Å². The predicted octanol–water partition coefficient (Wildman–Crippen LogP) is 3.55. The molecule has 0 unspecified atom stereocenters. The van der Waals surface area contributed by atoms with Crippen LogP contribution in [0, 0.1) is 5.82 Å². The van der Waals surface area contributed by atoms with Crippen molar-refractivity contribution in [1.29, 1.82) is 0 Å². The van der Waals surface area contributed by atoms with Crippen LogP contribution in [0.3, 0.4) is 0 Å². The first-order valence-electron chi connectivity index (χ1n) is 9.13. The molecule has 0 atom stereocenters. The molecule has 3 aromatic rings. The molecule has 2 heterocycles. The lowest BCUT2D eigenvalue weighted by Crippen LogP contribution is -2.51. The highest BCUT2D eigenvalue weighted by atomic mass is 32.2. The highest BCUT2D eigenvalue weighted by Crippen LogP contribution is 2.36. The fourth-order valence-electron chi connectivity index (χ4n) is 3.62. The molecule has 1 aliphatic rings. The maximum atomic E-state index is 13.7. The molecule has 0 N–H and O–H groups in total. The SMILES string of the molecule is COc1ccc(F)cc1S(=O)(=O)N1CC(n2c(C(C)C)nc3ccccc32)C1. The number of halogens is 1. The zero-order chi connectivity index (χ0) is 20.1. The number of methoxy groups -OCH3 is 1. The summed E-state index contributed by atoms with van der Waals surface area (Å²) in [7, 11) is -2.47. The summed E-state index contributed by atoms with van der Waals surface area (Å²) in [4.78, 5) is 4.58. The fraction of sp³-hybridized carbons (Fsp3) is 0.350. The molecule has 1 saturated heterocycles. The molecule has 0 amide bonds. The Bertz CT molecular complexity index is 1130. The van der Waals surface area contributed by atoms with E-state index in [1.165, 1.54) is 23.5 Å². The maximum Gasteiger partial charge on any atom is 0.247 e. The molecule has 28 heavy (non-hydrogen) atoms. The minimum Gasteiger partial charge on any atom is -0.495 e. The van der Waals surface area contributed by atoms with Gasteiger partial charge in [0.2, 0.25) is 10.0 Å². The quantitative estimate of drug-likeness (QED) is 0.654. The van der Waals surface area contributed by atoms with Crippen molar-refractivity contribution in [2.45, 2.75) is 30.7 Å². The second-order valence-corrected chi connectivity index (χ2v) is 9.16. The Kier molecular flexibility index (Phi) is 4.63. The van der Waals surface area contributed by atoms with E-state index >= 15 is 0 Å². The van der Waals surface area contributed by atoms with Gasteiger partial charge in [0.25, 0.3) is 0 Å². The molecule has 4 rings (SSSR count). The molecule has 1 fully saturated rings. The van der Waals surface area contributed by atoms with Gasteiger partial charge in [0.1, 0.15) is 22.3 Å². The first kappa shape index (κ1) is 18.9. The topological polar surface area (TPSA) is 64.4 Å². The van der Waals surface area contributed by atoms with E-state index in [0.29, 0.717) is 13.1 Å². The summed E-state index contributed by atoms with van der Waals surface area (Å²) in [6.07, 6.45) is 0. The van der Waals surface area contributed by atoms with Gasteiger partial charge in [-0.1, -0.05) is 26.0 Å². The average Bonchev–Trinajstić information content (AvgIpc) is 3.00. The van der Waals surface area contributed by atoms with Crippen molar-refractivity contribution in [2.75, 3.05) is 20.2 Å². The number of imidazole rings is 1. The molecule has 0 aliphatic carbocycles. The van der Waals surface area contributed by atoms with Gasteiger partial charge in [-0.25, -0.2) is 17.8 Å². The highest BCUT2D eigenvalue weighted by molar-refractivity contribution is 7.89. The smallest absolute Gasteiger partial charge is 0.247 e. The van der Waals surface area contributed by atoms with Crippen LogP contribution in [0.25, 0.3) is 11.0 Å². The van der Waals surface area contributed by atoms with E-state index < -0.39 is 15.8 Å². The Morgan fingerprint density at radius 3 is 2.57 bits per heavy atom. The van der Waals surface area contributed by atoms with Crippen LogP contribution in [0.2, 0.25) is 0 Å². The van der Waals surface area contributed by atoms with Crippen LogP contribution in [0.1, 0.15) is 31.6 Å². The molecule has 1 aromatic heterocycles. The van der Waals surface area contributed by atoms with Crippen molar-refractivity contribution in [3.63, 3.8) is 0 Å². The molecule has 6 nitrogen and oxygen atoms in total. The van der Waals surface area contributed by atoms with Gasteiger partial charge >= 0.3 is 0 Å². The number of nitrogens with zero attached hydrogens (tertiary/aromatic N) is 3. The predicted molar refractivity (Wildman–Crippen MR) is 105 cm³/mol. The number of ether oxygens (including phenoxy) is 1. The normalized spacial score (nSPS) is 15.9. The Morgan fingerprint density at radius 2 is 1.89 bits per heavy atom. The average molecular weight is 403 g/mol. The molecule has 0 spiro atoms. The van der Waals surface area contributed by atoms with Gasteiger partial charge in [-0.3, -0.25) is 0 Å². The van der Waals surface area contributed by atoms with Crippen molar-refractivity contribution in [3.8, 4) is 5.75 Å². The number of hydrogen-bond acceptors (Lipinski definition) is 4. The summed E-state index contributed by atoms with van der Waals surface area (Å²) >= 11 is 0. The highest BCUT2D eigenvalue weighted by Gasteiger charge is 2.40. The summed E-state index contributed by atoms with van der Waals surface area (Å²) < 4.78 is 48.3. The number of aromatic nitrogens is 2. The zero-order valence-electron chi connectivity index (χ0n) is 16.0. The molecule has 2 aromatic carbocycles. The van der Waals surface area contributed by atoms with Gasteiger partial charge in [0.15, 0.2) is 0 Å². The van der Waals surface area contributed by atoms with Crippen LogP contribution in [0.5, 0.6) is 5.75 Å². The van der Waals surface area contributed by atoms with Crippen molar-refractivity contribution in [2.24, 2.45) is 0 Å². The fourth-order valence-corrected chi connectivity index (χ4v) is 5.30. The number of rotatable bonds is 5. The monoisotopic (exact) mass is 403 g/mol. The van der Waals surface area contributed by atoms with Gasteiger partial charge in [0, 0.05) is 19.0 Å². The maximum absolute atomic E-state index is 13.7. The van der Waals surface area contributed by atoms with E-state index in [0.717, 1.165) is 22.9 Å². The largest absolute Gasteiger partial charge is 0.495 e. The molecular weight excluding hydrogens is 381 g/mol. The lowest BCUT2D eigenvalue weighted by Gasteiger charge is -2.40. The lowest BCUT2D eigenvalue weighted by molar-refractivity contribution is 0.203. The third-order valence-electron chi connectivity index (χ3n) is 5.08. The summed E-state index contributed by atoms with van der Waals surface area (Å²) in [5, 5.41) is 0. The first-order valence-corrected chi connectivity index (χ1v) is 10.6. The Balaban J connectivity index is 1.66. The Morgan fingerprint density at radius 1 is 1.18 bits per heavy atom. The first-order chi connectivity index (χ1) is 13.3. The summed E-state index contributed by atoms with van der Waals surface area (Å²) in [5.41, 5.74) is 1.90. The lowest BCUT2D eigenvalue weighted by atomic mass is 10.1. The van der Waals surface area contributed by atoms with Crippen LogP contribution in [-0.4, -0.2) is 42.5 Å². The van der Waals surface area contributed by atoms with Crippen molar-refractivity contribution in [3.05, 3.63) is 54.1 Å². The van der Waals surface area contributed by atoms with Gasteiger partial charge in [-0.2, -0.15) is 4.31 Å². The van der Waals surface area contributed by atoms with Crippen LogP contribution >= 0.6 is 0 Å². The van der Waals surface area contributed by atoms with Crippen molar-refractivity contribution in [1.82, 2.24) is 13.9 Å². The number of sulfonamides is 1. The van der Waals surface area contributed by atoms with Gasteiger partial charge in [0.05, 0.1) is 24.2 Å². The summed E-state index contributed by atoms with van der Waals surface area (Å²) in [6, 6.07) is 11.4. The summed E-state index contributed by atoms with van der Waals surface area (Å²) in [5.74, 6) is 0.674. The molecule has 8 heteroatoms. The molecule has 148 valence electrons. The van der Waals surface area contributed by atoms with Crippen LogP contribution in [0.15, 0.2) is 47.4 Å². The van der Waals surface area contributed by atoms with Gasteiger partial charge < -0.3 is 9.30 Å². The van der Waals surface area contributed by atoms with Crippen molar-refractivity contribution < 1.29 is 17.5 Å². The standard InChI is InChI=1S/C20H22FN3O3S/c1-13(2)20-22-16-6-4-5-7-17(16)24(20)15-11-23(12-15)28(25,26)19-10-14(21)8-9-18(19)27-3/h4-10,13,15H,11-12H2,1-3H3. The third kappa shape index (κ3) is 2.97. The van der Waals surface area contributed by atoms with E-state index in [9.17, 15) is 12.8 Å². The number of fused-ring (bicyclic) bond motifs is 1. The molecule has 0 radical (unpaired) electrons. The third-order valence-corrected chi connectivity index (χ3v) is 6.93. The molecule has 0 bridgehead atoms. The van der Waals surface area contributed by atoms with E-state index in [1.807, 2.05) is 24.3 Å². The van der Waals surface area contributed by atoms with Gasteiger partial charge in [-0.05, 0) is 30.3 Å². The minimum atomic E-state index is -3.84. The van der Waals surface area contributed by atoms with E-state index in [4.69, 9.17) is 9.72 Å². The van der Waals surface area contributed by atoms with Crippen LogP contribution in [0.4, 0.5) is 4.39 Å². The Hall–Kier alpha value is -2.45. The van der Waals surface area contributed by atoms with Crippen LogP contribution in [-0.2, 0) is 10.0 Å². The Labute approximate surface area is 163 Å². The summed E-state index contributed by atoms with van der Waals surface area (Å²) in [6.45, 7) is 4.76. The number of benzene rings is 2. The molecular formula is C20H22FN3O3S. The second kappa shape index (κ2) is 6.86. The molecule has 0 saturated carbocycles. The number of hydrogen-bond donors (Lipinski definition) is 0. The van der Waals surface area contributed by atoms with Crippen LogP contribution < -0.4 is 4.74 Å². The molecule has 1 aliphatic heterocycles. The number of para-hydroxylation sites is 2. The van der Waals surface area contributed by atoms with E-state index in [-0.39, 0.29) is 22.6 Å². The minimum absolute atomic E-state index is 0.0147. The van der Waals surface area contributed by atoms with E-state index in [1.54, 1.807) is 0 Å². The van der Waals surface area contributed by atoms with Gasteiger partial charge in [-0.15, -0.1) is 0 Å².